The molecule has 0 bridgehead atoms. The van der Waals surface area contributed by atoms with Crippen LogP contribution in [0.5, 0.6) is 0 Å². The smallest absolute Gasteiger partial charge is 0.238 e. The number of para-hydroxylation sites is 1. The van der Waals surface area contributed by atoms with E-state index in [-0.39, 0.29) is 18.2 Å². The van der Waals surface area contributed by atoms with E-state index < -0.39 is 0 Å². The molecule has 0 saturated heterocycles. The summed E-state index contributed by atoms with van der Waals surface area (Å²) in [4.78, 5) is 25.5. The van der Waals surface area contributed by atoms with Gasteiger partial charge in [0, 0.05) is 30.9 Å². The van der Waals surface area contributed by atoms with Crippen LogP contribution in [0.3, 0.4) is 0 Å². The molecule has 2 rings (SSSR count). The third-order valence-electron chi connectivity index (χ3n) is 3.20. The van der Waals surface area contributed by atoms with Gasteiger partial charge in [-0.05, 0) is 26.1 Å². The lowest BCUT2D eigenvalue weighted by molar-refractivity contribution is -0.117. The van der Waals surface area contributed by atoms with Crippen molar-refractivity contribution in [2.75, 3.05) is 18.9 Å². The van der Waals surface area contributed by atoms with Crippen molar-refractivity contribution in [3.8, 4) is 0 Å². The van der Waals surface area contributed by atoms with Gasteiger partial charge in [-0.3, -0.25) is 19.2 Å². The van der Waals surface area contributed by atoms with Crippen LogP contribution in [-0.4, -0.2) is 40.0 Å². The Bertz CT molecular complexity index is 678. The number of hydrogen-bond acceptors (Lipinski definition) is 4. The lowest BCUT2D eigenvalue weighted by atomic mass is 10.1. The summed E-state index contributed by atoms with van der Waals surface area (Å²) in [6.07, 6.45) is 3.69. The van der Waals surface area contributed by atoms with Crippen LogP contribution in [0.25, 0.3) is 0 Å². The molecule has 0 radical (unpaired) electrons. The second-order valence-electron chi connectivity index (χ2n) is 5.34. The molecule has 6 nitrogen and oxygen atoms in total. The Hall–Kier alpha value is -2.47. The van der Waals surface area contributed by atoms with E-state index in [4.69, 9.17) is 0 Å². The normalized spacial score (nSPS) is 10.7. The number of nitrogens with zero attached hydrogens (tertiary/aromatic N) is 3. The lowest BCUT2D eigenvalue weighted by Crippen LogP contribution is -2.30. The SMILES string of the molecule is CC(=O)c1ccccc1NC(=O)CN(C)Cc1cnn(C)c1. The number of aromatic nitrogens is 2. The number of carbonyl (C=O) groups is 2. The number of likely N-dealkylation sites (N-methyl/N-ethyl adjacent to an activating group) is 1. The average molecular weight is 300 g/mol. The zero-order valence-corrected chi connectivity index (χ0v) is 13.0. The van der Waals surface area contributed by atoms with E-state index in [1.165, 1.54) is 6.92 Å². The summed E-state index contributed by atoms with van der Waals surface area (Å²) in [6.45, 7) is 2.36. The van der Waals surface area contributed by atoms with Crippen molar-refractivity contribution in [2.24, 2.45) is 7.05 Å². The van der Waals surface area contributed by atoms with Crippen molar-refractivity contribution in [1.29, 1.82) is 0 Å². The van der Waals surface area contributed by atoms with Crippen molar-refractivity contribution >= 4 is 17.4 Å². The number of nitrogens with one attached hydrogen (secondary N) is 1. The quantitative estimate of drug-likeness (QED) is 0.824. The molecule has 0 aliphatic rings. The molecule has 1 amide bonds. The first-order valence-electron chi connectivity index (χ1n) is 7.01. The first-order chi connectivity index (χ1) is 10.5. The summed E-state index contributed by atoms with van der Waals surface area (Å²) in [5, 5.41) is 6.89. The Morgan fingerprint density at radius 1 is 1.32 bits per heavy atom. The number of anilines is 1. The molecule has 0 atom stereocenters. The van der Waals surface area contributed by atoms with E-state index in [2.05, 4.69) is 10.4 Å². The highest BCUT2D eigenvalue weighted by atomic mass is 16.2. The minimum Gasteiger partial charge on any atom is -0.324 e. The largest absolute Gasteiger partial charge is 0.324 e. The highest BCUT2D eigenvalue weighted by Crippen LogP contribution is 2.15. The Balaban J connectivity index is 1.94. The van der Waals surface area contributed by atoms with Gasteiger partial charge in [-0.15, -0.1) is 0 Å². The second kappa shape index (κ2) is 7.00. The van der Waals surface area contributed by atoms with Crippen LogP contribution in [0.15, 0.2) is 36.7 Å². The molecular formula is C16H20N4O2. The van der Waals surface area contributed by atoms with E-state index in [1.54, 1.807) is 35.1 Å². The Morgan fingerprint density at radius 2 is 2.05 bits per heavy atom. The summed E-state index contributed by atoms with van der Waals surface area (Å²) in [6, 6.07) is 7.01. The predicted octanol–water partition coefficient (Wildman–Crippen LogP) is 1.69. The summed E-state index contributed by atoms with van der Waals surface area (Å²) in [5.74, 6) is -0.222. The van der Waals surface area contributed by atoms with Gasteiger partial charge in [0.1, 0.15) is 0 Å². The first kappa shape index (κ1) is 15.9. The summed E-state index contributed by atoms with van der Waals surface area (Å²) >= 11 is 0. The van der Waals surface area contributed by atoms with Gasteiger partial charge in [-0.2, -0.15) is 5.10 Å². The van der Waals surface area contributed by atoms with Gasteiger partial charge in [0.25, 0.3) is 0 Å². The lowest BCUT2D eigenvalue weighted by Gasteiger charge is -2.16. The van der Waals surface area contributed by atoms with Crippen LogP contribution in [0.4, 0.5) is 5.69 Å². The Labute approximate surface area is 129 Å². The van der Waals surface area contributed by atoms with E-state index >= 15 is 0 Å². The molecule has 6 heteroatoms. The number of aryl methyl sites for hydroxylation is 1. The zero-order valence-electron chi connectivity index (χ0n) is 13.0. The van der Waals surface area contributed by atoms with Crippen LogP contribution in [-0.2, 0) is 18.4 Å². The maximum absolute atomic E-state index is 12.1. The number of Topliss-reactive ketones (excluding diaryl/α,β-unsaturated/α-hetero) is 1. The monoisotopic (exact) mass is 300 g/mol. The van der Waals surface area contributed by atoms with E-state index in [0.717, 1.165) is 5.56 Å². The predicted molar refractivity (Wildman–Crippen MR) is 84.6 cm³/mol. The van der Waals surface area contributed by atoms with Gasteiger partial charge in [-0.1, -0.05) is 12.1 Å². The molecule has 22 heavy (non-hydrogen) atoms. The third kappa shape index (κ3) is 4.26. The van der Waals surface area contributed by atoms with Crippen LogP contribution >= 0.6 is 0 Å². The molecule has 2 aromatic rings. The summed E-state index contributed by atoms with van der Waals surface area (Å²) < 4.78 is 1.73. The standard InChI is InChI=1S/C16H20N4O2/c1-12(21)14-6-4-5-7-15(14)18-16(22)11-19(2)9-13-8-17-20(3)10-13/h4-8,10H,9,11H2,1-3H3,(H,18,22). The maximum atomic E-state index is 12.1. The topological polar surface area (TPSA) is 67.2 Å². The molecule has 0 aliphatic carbocycles. The fourth-order valence-electron chi connectivity index (χ4n) is 2.26. The molecule has 0 fully saturated rings. The number of ketones is 1. The van der Waals surface area contributed by atoms with Crippen molar-refractivity contribution in [3.63, 3.8) is 0 Å². The van der Waals surface area contributed by atoms with E-state index in [0.29, 0.717) is 17.8 Å². The van der Waals surface area contributed by atoms with Gasteiger partial charge in [0.15, 0.2) is 5.78 Å². The average Bonchev–Trinajstić information content (AvgIpc) is 2.83. The van der Waals surface area contributed by atoms with Crippen molar-refractivity contribution < 1.29 is 9.59 Å². The minimum atomic E-state index is -0.153. The minimum absolute atomic E-state index is 0.0698. The Kier molecular flexibility index (Phi) is 5.06. The molecule has 116 valence electrons. The van der Waals surface area contributed by atoms with Crippen LogP contribution in [0.2, 0.25) is 0 Å². The van der Waals surface area contributed by atoms with Gasteiger partial charge >= 0.3 is 0 Å². The number of carbonyl (C=O) groups excluding carboxylic acids is 2. The molecule has 1 aromatic carbocycles. The van der Waals surface area contributed by atoms with Crippen LogP contribution < -0.4 is 5.32 Å². The number of benzene rings is 1. The highest BCUT2D eigenvalue weighted by molar-refractivity contribution is 6.04. The molecule has 0 aliphatic heterocycles. The van der Waals surface area contributed by atoms with Gasteiger partial charge < -0.3 is 5.32 Å². The second-order valence-corrected chi connectivity index (χ2v) is 5.34. The van der Waals surface area contributed by atoms with Gasteiger partial charge in [0.05, 0.1) is 18.4 Å². The molecule has 1 heterocycles. The Morgan fingerprint density at radius 3 is 2.68 bits per heavy atom. The first-order valence-corrected chi connectivity index (χ1v) is 7.01. The molecule has 0 saturated carbocycles. The fourth-order valence-corrected chi connectivity index (χ4v) is 2.26. The molecule has 1 aromatic heterocycles. The van der Waals surface area contributed by atoms with Crippen molar-refractivity contribution in [1.82, 2.24) is 14.7 Å². The maximum Gasteiger partial charge on any atom is 0.238 e. The van der Waals surface area contributed by atoms with Crippen LogP contribution in [0.1, 0.15) is 22.8 Å². The summed E-state index contributed by atoms with van der Waals surface area (Å²) in [7, 11) is 3.72. The third-order valence-corrected chi connectivity index (χ3v) is 3.20. The van der Waals surface area contributed by atoms with Crippen LogP contribution in [0, 0.1) is 0 Å². The number of rotatable bonds is 6. The number of amides is 1. The van der Waals surface area contributed by atoms with E-state index in [1.807, 2.05) is 25.2 Å². The van der Waals surface area contributed by atoms with E-state index in [9.17, 15) is 9.59 Å². The van der Waals surface area contributed by atoms with Crippen molar-refractivity contribution in [3.05, 3.63) is 47.8 Å². The molecule has 0 spiro atoms. The highest BCUT2D eigenvalue weighted by Gasteiger charge is 2.12. The molecule has 0 unspecified atom stereocenters. The molecular weight excluding hydrogens is 280 g/mol. The number of hydrogen-bond donors (Lipinski definition) is 1. The van der Waals surface area contributed by atoms with Gasteiger partial charge in [0.2, 0.25) is 5.91 Å². The summed E-state index contributed by atoms with van der Waals surface area (Å²) in [5.41, 5.74) is 2.11. The fraction of sp³-hybridized carbons (Fsp3) is 0.312. The van der Waals surface area contributed by atoms with Gasteiger partial charge in [-0.25, -0.2) is 0 Å². The molecule has 1 N–H and O–H groups in total. The zero-order chi connectivity index (χ0) is 16.1. The van der Waals surface area contributed by atoms with Crippen molar-refractivity contribution in [2.45, 2.75) is 13.5 Å².